The molecule has 1 aliphatic heterocycles. The van der Waals surface area contributed by atoms with Crippen LogP contribution in [0.25, 0.3) is 0 Å². The molecule has 0 saturated carbocycles. The molecule has 26 heavy (non-hydrogen) atoms. The van der Waals surface area contributed by atoms with Crippen LogP contribution in [-0.4, -0.2) is 62.3 Å². The molecule has 3 rings (SSSR count). The monoisotopic (exact) mass is 359 g/mol. The Bertz CT molecular complexity index is 760. The minimum absolute atomic E-state index is 0.286. The van der Waals surface area contributed by atoms with E-state index in [2.05, 4.69) is 19.8 Å². The first-order valence-electron chi connectivity index (χ1n) is 8.79. The van der Waals surface area contributed by atoms with E-state index in [9.17, 15) is 4.39 Å². The third kappa shape index (κ3) is 4.22. The van der Waals surface area contributed by atoms with Gasteiger partial charge in [-0.2, -0.15) is 4.98 Å². The Labute approximate surface area is 154 Å². The Hall–Kier alpha value is -2.41. The Balaban J connectivity index is 1.62. The fourth-order valence-electron chi connectivity index (χ4n) is 3.10. The van der Waals surface area contributed by atoms with Crippen molar-refractivity contribution in [3.05, 3.63) is 41.3 Å². The van der Waals surface area contributed by atoms with E-state index in [-0.39, 0.29) is 11.6 Å². The van der Waals surface area contributed by atoms with Crippen LogP contribution in [-0.2, 0) is 6.54 Å². The normalized spacial score (nSPS) is 15.2. The molecule has 1 aromatic carbocycles. The Morgan fingerprint density at radius 2 is 1.85 bits per heavy atom. The molecule has 0 aliphatic carbocycles. The molecule has 1 fully saturated rings. The van der Waals surface area contributed by atoms with E-state index in [1.165, 1.54) is 7.11 Å². The van der Waals surface area contributed by atoms with E-state index in [1.54, 1.807) is 12.1 Å². The standard InChI is InChI=1S/C19H26FN5O/c1-14-11-18(22-19(21-14)23(2)3)25-9-7-24(8-10-25)13-15-5-6-17(26-4)16(20)12-15/h5-6,11-12H,7-10,13H2,1-4H3. The van der Waals surface area contributed by atoms with E-state index in [1.807, 2.05) is 38.1 Å². The summed E-state index contributed by atoms with van der Waals surface area (Å²) in [5.41, 5.74) is 1.93. The Kier molecular flexibility index (Phi) is 5.56. The van der Waals surface area contributed by atoms with Crippen molar-refractivity contribution in [1.29, 1.82) is 0 Å². The van der Waals surface area contributed by atoms with Crippen LogP contribution in [0.2, 0.25) is 0 Å². The third-order valence-electron chi connectivity index (χ3n) is 4.55. The zero-order chi connectivity index (χ0) is 18.7. The molecule has 1 aromatic heterocycles. The summed E-state index contributed by atoms with van der Waals surface area (Å²) >= 11 is 0. The first-order chi connectivity index (χ1) is 12.5. The van der Waals surface area contributed by atoms with Crippen molar-refractivity contribution in [2.75, 3.05) is 57.2 Å². The fourth-order valence-corrected chi connectivity index (χ4v) is 3.10. The molecule has 1 saturated heterocycles. The van der Waals surface area contributed by atoms with Crippen molar-refractivity contribution in [3.63, 3.8) is 0 Å². The number of hydrogen-bond donors (Lipinski definition) is 0. The minimum atomic E-state index is -0.309. The van der Waals surface area contributed by atoms with Crippen LogP contribution in [0.4, 0.5) is 16.2 Å². The predicted molar refractivity (Wildman–Crippen MR) is 102 cm³/mol. The number of benzene rings is 1. The van der Waals surface area contributed by atoms with Crippen LogP contribution < -0.4 is 14.5 Å². The van der Waals surface area contributed by atoms with Crippen molar-refractivity contribution in [2.24, 2.45) is 0 Å². The summed E-state index contributed by atoms with van der Waals surface area (Å²) in [6.45, 7) is 6.33. The van der Waals surface area contributed by atoms with Crippen molar-refractivity contribution in [1.82, 2.24) is 14.9 Å². The molecule has 2 heterocycles. The van der Waals surface area contributed by atoms with Crippen LogP contribution in [0.3, 0.4) is 0 Å². The summed E-state index contributed by atoms with van der Waals surface area (Å²) in [7, 11) is 5.38. The van der Waals surface area contributed by atoms with Gasteiger partial charge in [0.05, 0.1) is 7.11 Å². The summed E-state index contributed by atoms with van der Waals surface area (Å²) in [6.07, 6.45) is 0. The third-order valence-corrected chi connectivity index (χ3v) is 4.55. The van der Waals surface area contributed by atoms with Crippen molar-refractivity contribution < 1.29 is 9.13 Å². The largest absolute Gasteiger partial charge is 0.494 e. The first kappa shape index (κ1) is 18.4. The minimum Gasteiger partial charge on any atom is -0.494 e. The number of aryl methyl sites for hydroxylation is 1. The molecule has 6 nitrogen and oxygen atoms in total. The number of aromatic nitrogens is 2. The highest BCUT2D eigenvalue weighted by atomic mass is 19.1. The van der Waals surface area contributed by atoms with Gasteiger partial charge in [0, 0.05) is 58.6 Å². The maximum Gasteiger partial charge on any atom is 0.226 e. The zero-order valence-corrected chi connectivity index (χ0v) is 15.9. The van der Waals surface area contributed by atoms with E-state index in [0.29, 0.717) is 0 Å². The Morgan fingerprint density at radius 3 is 2.46 bits per heavy atom. The van der Waals surface area contributed by atoms with Crippen LogP contribution >= 0.6 is 0 Å². The lowest BCUT2D eigenvalue weighted by atomic mass is 10.2. The quantitative estimate of drug-likeness (QED) is 0.816. The van der Waals surface area contributed by atoms with Crippen molar-refractivity contribution in [3.8, 4) is 5.75 Å². The summed E-state index contributed by atoms with van der Waals surface area (Å²) in [5.74, 6) is 1.68. The van der Waals surface area contributed by atoms with Crippen molar-refractivity contribution in [2.45, 2.75) is 13.5 Å². The molecule has 1 aliphatic rings. The summed E-state index contributed by atoms with van der Waals surface area (Å²) < 4.78 is 18.8. The fraction of sp³-hybridized carbons (Fsp3) is 0.474. The molecule has 0 unspecified atom stereocenters. The van der Waals surface area contributed by atoms with Gasteiger partial charge >= 0.3 is 0 Å². The topological polar surface area (TPSA) is 44.7 Å². The lowest BCUT2D eigenvalue weighted by Gasteiger charge is -2.35. The van der Waals surface area contributed by atoms with Crippen LogP contribution in [0, 0.1) is 12.7 Å². The van der Waals surface area contributed by atoms with Crippen LogP contribution in [0.1, 0.15) is 11.3 Å². The molecule has 0 radical (unpaired) electrons. The van der Waals surface area contributed by atoms with Gasteiger partial charge in [0.2, 0.25) is 5.95 Å². The molecular weight excluding hydrogens is 333 g/mol. The van der Waals surface area contributed by atoms with Crippen LogP contribution in [0.5, 0.6) is 5.75 Å². The molecule has 0 amide bonds. The molecule has 7 heteroatoms. The summed E-state index contributed by atoms with van der Waals surface area (Å²) in [6, 6.07) is 7.20. The van der Waals surface area contributed by atoms with E-state index >= 15 is 0 Å². The molecule has 0 spiro atoms. The highest BCUT2D eigenvalue weighted by Gasteiger charge is 2.19. The number of nitrogens with zero attached hydrogens (tertiary/aromatic N) is 5. The number of anilines is 2. The Morgan fingerprint density at radius 1 is 1.12 bits per heavy atom. The molecule has 0 atom stereocenters. The van der Waals surface area contributed by atoms with E-state index in [4.69, 9.17) is 4.74 Å². The SMILES string of the molecule is COc1ccc(CN2CCN(c3cc(C)nc(N(C)C)n3)CC2)cc1F. The average Bonchev–Trinajstić information content (AvgIpc) is 2.62. The van der Waals surface area contributed by atoms with Gasteiger partial charge in [0.25, 0.3) is 0 Å². The number of hydrogen-bond acceptors (Lipinski definition) is 6. The number of piperazine rings is 1. The molecule has 0 bridgehead atoms. The number of methoxy groups -OCH3 is 1. The van der Waals surface area contributed by atoms with Gasteiger partial charge in [-0.05, 0) is 24.6 Å². The molecule has 2 aromatic rings. The second kappa shape index (κ2) is 7.86. The van der Waals surface area contributed by atoms with Gasteiger partial charge in [0.15, 0.2) is 11.6 Å². The van der Waals surface area contributed by atoms with E-state index in [0.717, 1.165) is 55.7 Å². The van der Waals surface area contributed by atoms with Gasteiger partial charge in [-0.25, -0.2) is 9.37 Å². The van der Waals surface area contributed by atoms with Crippen LogP contribution in [0.15, 0.2) is 24.3 Å². The zero-order valence-electron chi connectivity index (χ0n) is 15.9. The molecule has 140 valence electrons. The van der Waals surface area contributed by atoms with Gasteiger partial charge in [0.1, 0.15) is 5.82 Å². The number of ether oxygens (including phenoxy) is 1. The first-order valence-corrected chi connectivity index (χ1v) is 8.79. The molecule has 0 N–H and O–H groups in total. The lowest BCUT2D eigenvalue weighted by Crippen LogP contribution is -2.46. The summed E-state index contributed by atoms with van der Waals surface area (Å²) in [5, 5.41) is 0. The maximum atomic E-state index is 13.9. The van der Waals surface area contributed by atoms with Gasteiger partial charge in [-0.1, -0.05) is 6.07 Å². The average molecular weight is 359 g/mol. The van der Waals surface area contributed by atoms with Gasteiger partial charge in [-0.3, -0.25) is 4.90 Å². The van der Waals surface area contributed by atoms with Gasteiger partial charge < -0.3 is 14.5 Å². The van der Waals surface area contributed by atoms with E-state index < -0.39 is 0 Å². The number of rotatable bonds is 5. The molecular formula is C19H26FN5O. The number of halogens is 1. The second-order valence-electron chi connectivity index (χ2n) is 6.79. The second-order valence-corrected chi connectivity index (χ2v) is 6.79. The highest BCUT2D eigenvalue weighted by molar-refractivity contribution is 5.45. The maximum absolute atomic E-state index is 13.9. The predicted octanol–water partition coefficient (Wildman–Crippen LogP) is 2.32. The van der Waals surface area contributed by atoms with Crippen molar-refractivity contribution >= 4 is 11.8 Å². The lowest BCUT2D eigenvalue weighted by molar-refractivity contribution is 0.249. The smallest absolute Gasteiger partial charge is 0.226 e. The van der Waals surface area contributed by atoms with Gasteiger partial charge in [-0.15, -0.1) is 0 Å². The summed E-state index contributed by atoms with van der Waals surface area (Å²) in [4.78, 5) is 15.6. The highest BCUT2D eigenvalue weighted by Crippen LogP contribution is 2.21.